The van der Waals surface area contributed by atoms with Crippen LogP contribution in [0, 0.1) is 0 Å². The Morgan fingerprint density at radius 2 is 1.57 bits per heavy atom. The number of esters is 1. The van der Waals surface area contributed by atoms with Crippen molar-refractivity contribution in [2.45, 2.75) is 4.90 Å². The number of para-hydroxylation sites is 1. The summed E-state index contributed by atoms with van der Waals surface area (Å²) >= 11 is 1.38. The molecule has 4 nitrogen and oxygen atoms in total. The number of carbonyl (C=O) groups excluding carboxylic acids is 2. The minimum atomic E-state index is -0.410. The third kappa shape index (κ3) is 5.71. The smallest absolute Gasteiger partial charge is 0.316 e. The summed E-state index contributed by atoms with van der Waals surface area (Å²) in [6.07, 6.45) is 0. The van der Waals surface area contributed by atoms with Gasteiger partial charge in [0.2, 0.25) is 0 Å². The highest BCUT2D eigenvalue weighted by atomic mass is 32.2. The molecule has 108 valence electrons. The van der Waals surface area contributed by atoms with E-state index in [2.05, 4.69) is 5.32 Å². The van der Waals surface area contributed by atoms with Crippen molar-refractivity contribution in [2.24, 2.45) is 0 Å². The fourth-order valence-corrected chi connectivity index (χ4v) is 2.28. The van der Waals surface area contributed by atoms with E-state index in [1.54, 1.807) is 12.1 Å². The standard InChI is InChI=1S/C16H15NO3S/c18-15(17-13-7-3-1-4-8-13)11-20-16(19)12-21-14-9-5-2-6-10-14/h1-10H,11-12H2,(H,17,18). The normalized spacial score (nSPS) is 9.90. The van der Waals surface area contributed by atoms with Crippen LogP contribution in [0.25, 0.3) is 0 Å². The monoisotopic (exact) mass is 301 g/mol. The molecule has 0 atom stereocenters. The van der Waals surface area contributed by atoms with E-state index < -0.39 is 5.97 Å². The van der Waals surface area contributed by atoms with Crippen molar-refractivity contribution in [3.05, 3.63) is 60.7 Å². The quantitative estimate of drug-likeness (QED) is 0.658. The van der Waals surface area contributed by atoms with Crippen molar-refractivity contribution in [3.63, 3.8) is 0 Å². The van der Waals surface area contributed by atoms with Crippen LogP contribution in [0.1, 0.15) is 0 Å². The molecular weight excluding hydrogens is 286 g/mol. The van der Waals surface area contributed by atoms with Crippen LogP contribution in [0.5, 0.6) is 0 Å². The number of thioether (sulfide) groups is 1. The minimum Gasteiger partial charge on any atom is -0.455 e. The molecule has 1 N–H and O–H groups in total. The fraction of sp³-hybridized carbons (Fsp3) is 0.125. The van der Waals surface area contributed by atoms with E-state index in [0.29, 0.717) is 5.69 Å². The van der Waals surface area contributed by atoms with Gasteiger partial charge in [0, 0.05) is 10.6 Å². The molecule has 0 spiro atoms. The summed E-state index contributed by atoms with van der Waals surface area (Å²) in [7, 11) is 0. The highest BCUT2D eigenvalue weighted by molar-refractivity contribution is 8.00. The van der Waals surface area contributed by atoms with Gasteiger partial charge in [-0.2, -0.15) is 0 Å². The van der Waals surface area contributed by atoms with Gasteiger partial charge in [-0.1, -0.05) is 36.4 Å². The average Bonchev–Trinajstić information content (AvgIpc) is 2.53. The van der Waals surface area contributed by atoms with Gasteiger partial charge in [0.15, 0.2) is 6.61 Å². The summed E-state index contributed by atoms with van der Waals surface area (Å²) in [5.41, 5.74) is 0.678. The zero-order chi connectivity index (χ0) is 14.9. The molecule has 2 aromatic rings. The third-order valence-electron chi connectivity index (χ3n) is 2.52. The van der Waals surface area contributed by atoms with Crippen LogP contribution >= 0.6 is 11.8 Å². The number of nitrogens with one attached hydrogen (secondary N) is 1. The van der Waals surface area contributed by atoms with E-state index in [-0.39, 0.29) is 18.3 Å². The maximum Gasteiger partial charge on any atom is 0.316 e. The minimum absolute atomic E-state index is 0.183. The van der Waals surface area contributed by atoms with Crippen molar-refractivity contribution in [1.82, 2.24) is 0 Å². The summed E-state index contributed by atoms with van der Waals surface area (Å²) < 4.78 is 4.93. The second kappa shape index (κ2) is 8.11. The summed E-state index contributed by atoms with van der Waals surface area (Å²) in [4.78, 5) is 24.1. The molecule has 0 bridgehead atoms. The second-order valence-electron chi connectivity index (χ2n) is 4.18. The molecule has 0 radical (unpaired) electrons. The molecule has 0 aromatic heterocycles. The van der Waals surface area contributed by atoms with E-state index in [1.807, 2.05) is 48.5 Å². The number of rotatable bonds is 6. The van der Waals surface area contributed by atoms with Gasteiger partial charge in [-0.25, -0.2) is 0 Å². The first-order chi connectivity index (χ1) is 10.2. The average molecular weight is 301 g/mol. The number of amides is 1. The predicted octanol–water partition coefficient (Wildman–Crippen LogP) is 2.96. The highest BCUT2D eigenvalue weighted by Crippen LogP contribution is 2.16. The van der Waals surface area contributed by atoms with Crippen LogP contribution in [0.2, 0.25) is 0 Å². The number of benzene rings is 2. The number of hydrogen-bond donors (Lipinski definition) is 1. The Morgan fingerprint density at radius 1 is 0.952 bits per heavy atom. The number of anilines is 1. The number of carbonyl (C=O) groups is 2. The van der Waals surface area contributed by atoms with Gasteiger partial charge in [0.1, 0.15) is 0 Å². The van der Waals surface area contributed by atoms with E-state index in [4.69, 9.17) is 4.74 Å². The first-order valence-electron chi connectivity index (χ1n) is 6.42. The Labute approximate surface area is 127 Å². The third-order valence-corrected chi connectivity index (χ3v) is 3.51. The van der Waals surface area contributed by atoms with Crippen molar-refractivity contribution in [3.8, 4) is 0 Å². The van der Waals surface area contributed by atoms with Gasteiger partial charge in [-0.3, -0.25) is 9.59 Å². The van der Waals surface area contributed by atoms with E-state index >= 15 is 0 Å². The van der Waals surface area contributed by atoms with Gasteiger partial charge in [0.25, 0.3) is 5.91 Å². The summed E-state index contributed by atoms with van der Waals surface area (Å²) in [5.74, 6) is -0.575. The maximum absolute atomic E-state index is 11.6. The zero-order valence-electron chi connectivity index (χ0n) is 11.3. The van der Waals surface area contributed by atoms with E-state index in [1.165, 1.54) is 11.8 Å². The SMILES string of the molecule is O=C(COC(=O)CSc1ccccc1)Nc1ccccc1. The molecule has 1 amide bonds. The molecule has 2 aromatic carbocycles. The molecule has 0 unspecified atom stereocenters. The first kappa shape index (κ1) is 15.1. The lowest BCUT2D eigenvalue weighted by molar-refractivity contribution is -0.144. The number of ether oxygens (including phenoxy) is 1. The van der Waals surface area contributed by atoms with Gasteiger partial charge < -0.3 is 10.1 Å². The molecule has 0 heterocycles. The van der Waals surface area contributed by atoms with Crippen molar-refractivity contribution in [1.29, 1.82) is 0 Å². The predicted molar refractivity (Wildman–Crippen MR) is 83.2 cm³/mol. The molecule has 0 saturated carbocycles. The van der Waals surface area contributed by atoms with Gasteiger partial charge >= 0.3 is 5.97 Å². The first-order valence-corrected chi connectivity index (χ1v) is 7.41. The molecule has 2 rings (SSSR count). The topological polar surface area (TPSA) is 55.4 Å². The van der Waals surface area contributed by atoms with Crippen molar-refractivity contribution in [2.75, 3.05) is 17.7 Å². The molecule has 0 aliphatic carbocycles. The maximum atomic E-state index is 11.6. The summed E-state index contributed by atoms with van der Waals surface area (Å²) in [6.45, 7) is -0.275. The Morgan fingerprint density at radius 3 is 2.24 bits per heavy atom. The van der Waals surface area contributed by atoms with E-state index in [9.17, 15) is 9.59 Å². The molecule has 0 aliphatic rings. The number of hydrogen-bond acceptors (Lipinski definition) is 4. The Hall–Kier alpha value is -2.27. The van der Waals surface area contributed by atoms with Crippen LogP contribution in [0.3, 0.4) is 0 Å². The molecule has 0 fully saturated rings. The van der Waals surface area contributed by atoms with Crippen LogP contribution in [-0.2, 0) is 14.3 Å². The lowest BCUT2D eigenvalue weighted by Crippen LogP contribution is -2.21. The second-order valence-corrected chi connectivity index (χ2v) is 5.23. The molecular formula is C16H15NO3S. The zero-order valence-corrected chi connectivity index (χ0v) is 12.1. The molecule has 0 saturated heterocycles. The molecule has 5 heteroatoms. The van der Waals surface area contributed by atoms with Gasteiger partial charge in [0.05, 0.1) is 5.75 Å². The molecule has 21 heavy (non-hydrogen) atoms. The van der Waals surface area contributed by atoms with Gasteiger partial charge in [-0.05, 0) is 24.3 Å². The van der Waals surface area contributed by atoms with E-state index in [0.717, 1.165) is 4.90 Å². The van der Waals surface area contributed by atoms with Crippen LogP contribution < -0.4 is 5.32 Å². The highest BCUT2D eigenvalue weighted by Gasteiger charge is 2.08. The summed E-state index contributed by atoms with van der Waals surface area (Å²) in [5, 5.41) is 2.65. The van der Waals surface area contributed by atoms with Gasteiger partial charge in [-0.15, -0.1) is 11.8 Å². The van der Waals surface area contributed by atoms with Crippen molar-refractivity contribution < 1.29 is 14.3 Å². The Bertz CT molecular complexity index is 587. The van der Waals surface area contributed by atoms with Crippen LogP contribution in [0.15, 0.2) is 65.6 Å². The summed E-state index contributed by atoms with van der Waals surface area (Å²) in [6, 6.07) is 18.6. The lowest BCUT2D eigenvalue weighted by atomic mass is 10.3. The lowest BCUT2D eigenvalue weighted by Gasteiger charge is -2.06. The largest absolute Gasteiger partial charge is 0.455 e. The fourth-order valence-electron chi connectivity index (χ4n) is 1.57. The van der Waals surface area contributed by atoms with Crippen molar-refractivity contribution >= 4 is 29.3 Å². The Balaban J connectivity index is 1.68. The van der Waals surface area contributed by atoms with Crippen LogP contribution in [-0.4, -0.2) is 24.2 Å². The molecule has 0 aliphatic heterocycles. The Kier molecular flexibility index (Phi) is 5.84. The van der Waals surface area contributed by atoms with Crippen LogP contribution in [0.4, 0.5) is 5.69 Å².